The molecule has 2 unspecified atom stereocenters. The maximum atomic E-state index is 2.38. The molecule has 1 aliphatic carbocycles. The molecule has 0 bridgehead atoms. The van der Waals surface area contributed by atoms with Gasteiger partial charge in [-0.1, -0.05) is 74.1 Å². The molecular weight excluding hydrogens is 168 g/mol. The molecule has 0 heterocycles. The van der Waals surface area contributed by atoms with Crippen LogP contribution in [0, 0.1) is 17.8 Å². The highest BCUT2D eigenvalue weighted by molar-refractivity contribution is 4.91. The average Bonchev–Trinajstić information content (AvgIpc) is 2.91. The lowest BCUT2D eigenvalue weighted by molar-refractivity contribution is 0.663. The van der Waals surface area contributed by atoms with E-state index >= 15 is 0 Å². The predicted octanol–water partition coefficient (Wildman–Crippen LogP) is 5.52. The third-order valence-electron chi connectivity index (χ3n) is 3.20. The lowest BCUT2D eigenvalue weighted by Crippen LogP contribution is -1.74. The van der Waals surface area contributed by atoms with Crippen molar-refractivity contribution < 1.29 is 0 Å². The summed E-state index contributed by atoms with van der Waals surface area (Å²) in [6.45, 7) is 15.3. The van der Waals surface area contributed by atoms with Gasteiger partial charge in [0.2, 0.25) is 0 Å². The monoisotopic (exact) mass is 200 g/mol. The molecule has 1 rings (SSSR count). The van der Waals surface area contributed by atoms with Gasteiger partial charge in [-0.2, -0.15) is 0 Å². The highest BCUT2D eigenvalue weighted by atomic mass is 14.5. The number of rotatable bonds is 3. The van der Waals surface area contributed by atoms with Crippen LogP contribution in [0.15, 0.2) is 0 Å². The van der Waals surface area contributed by atoms with Gasteiger partial charge in [0.25, 0.3) is 0 Å². The summed E-state index contributed by atoms with van der Waals surface area (Å²) in [4.78, 5) is 0. The molecule has 0 aromatic carbocycles. The van der Waals surface area contributed by atoms with Crippen LogP contribution >= 0.6 is 0 Å². The maximum absolute atomic E-state index is 2.38. The summed E-state index contributed by atoms with van der Waals surface area (Å²) in [7, 11) is 0. The minimum atomic E-state index is 1.05. The first-order valence-corrected chi connectivity index (χ1v) is 6.72. The molecule has 1 saturated carbocycles. The van der Waals surface area contributed by atoms with E-state index in [1.807, 2.05) is 13.8 Å². The first-order chi connectivity index (χ1) is 6.72. The second kappa shape index (κ2) is 11.1. The molecule has 0 N–H and O–H groups in total. The molecule has 0 aliphatic heterocycles. The Morgan fingerprint density at radius 1 is 0.714 bits per heavy atom. The normalized spacial score (nSPS) is 28.1. The standard InChI is InChI=1S/C8H16.C4H10.C2H6/c1-4-7-6(3)8(7)5-2;1-3-4-2;1-2/h6-8H,4-5H2,1-3H3;3-4H2,1-2H3;1-2H3. The molecule has 0 nitrogen and oxygen atoms in total. The van der Waals surface area contributed by atoms with Crippen LogP contribution in [0.1, 0.15) is 74.1 Å². The van der Waals surface area contributed by atoms with Gasteiger partial charge < -0.3 is 0 Å². The van der Waals surface area contributed by atoms with E-state index in [1.54, 1.807) is 0 Å². The largest absolute Gasteiger partial charge is 0.0683 e. The van der Waals surface area contributed by atoms with Crippen LogP contribution in [0.4, 0.5) is 0 Å². The van der Waals surface area contributed by atoms with Crippen molar-refractivity contribution in [3.63, 3.8) is 0 Å². The lowest BCUT2D eigenvalue weighted by atomic mass is 10.2. The Morgan fingerprint density at radius 3 is 1.07 bits per heavy atom. The van der Waals surface area contributed by atoms with E-state index in [1.165, 1.54) is 25.7 Å². The Morgan fingerprint density at radius 2 is 1.00 bits per heavy atom. The Bertz CT molecular complexity index is 84.2. The Hall–Kier alpha value is 0. The van der Waals surface area contributed by atoms with Crippen molar-refractivity contribution in [3.8, 4) is 0 Å². The predicted molar refractivity (Wildman–Crippen MR) is 68.7 cm³/mol. The van der Waals surface area contributed by atoms with Crippen LogP contribution in [0.5, 0.6) is 0 Å². The Labute approximate surface area is 92.5 Å². The van der Waals surface area contributed by atoms with Crippen molar-refractivity contribution in [1.29, 1.82) is 0 Å². The van der Waals surface area contributed by atoms with Crippen LogP contribution in [0.2, 0.25) is 0 Å². The van der Waals surface area contributed by atoms with Gasteiger partial charge in [-0.3, -0.25) is 0 Å². The molecule has 0 spiro atoms. The lowest BCUT2D eigenvalue weighted by Gasteiger charge is -1.85. The number of unbranched alkanes of at least 4 members (excludes halogenated alkanes) is 1. The molecule has 0 saturated heterocycles. The van der Waals surface area contributed by atoms with E-state index in [-0.39, 0.29) is 0 Å². The second-order valence-corrected chi connectivity index (χ2v) is 4.00. The SMILES string of the molecule is CC.CCC1C(C)C1CC.CCCC. The molecule has 0 radical (unpaired) electrons. The summed E-state index contributed by atoms with van der Waals surface area (Å²) in [6, 6.07) is 0. The third-order valence-corrected chi connectivity index (χ3v) is 3.20. The van der Waals surface area contributed by atoms with Crippen LogP contribution in [-0.2, 0) is 0 Å². The Kier molecular flexibility index (Phi) is 13.0. The van der Waals surface area contributed by atoms with Crippen molar-refractivity contribution in [2.24, 2.45) is 17.8 Å². The summed E-state index contributed by atoms with van der Waals surface area (Å²) in [5, 5.41) is 0. The third kappa shape index (κ3) is 6.45. The van der Waals surface area contributed by atoms with Crippen molar-refractivity contribution in [3.05, 3.63) is 0 Å². The quantitative estimate of drug-likeness (QED) is 0.562. The first kappa shape index (κ1) is 16.4. The number of hydrogen-bond donors (Lipinski definition) is 0. The van der Waals surface area contributed by atoms with E-state index in [0.29, 0.717) is 0 Å². The zero-order chi connectivity index (χ0) is 11.6. The fourth-order valence-electron chi connectivity index (χ4n) is 1.99. The maximum Gasteiger partial charge on any atom is -0.0357 e. The summed E-state index contributed by atoms with van der Waals surface area (Å²) < 4.78 is 0. The fourth-order valence-corrected chi connectivity index (χ4v) is 1.99. The molecule has 2 atom stereocenters. The molecule has 0 aromatic rings. The van der Waals surface area contributed by atoms with Crippen molar-refractivity contribution in [2.45, 2.75) is 74.1 Å². The van der Waals surface area contributed by atoms with Gasteiger partial charge in [0.05, 0.1) is 0 Å². The van der Waals surface area contributed by atoms with Crippen molar-refractivity contribution in [2.75, 3.05) is 0 Å². The molecule has 1 aliphatic rings. The van der Waals surface area contributed by atoms with E-state index in [9.17, 15) is 0 Å². The van der Waals surface area contributed by atoms with Gasteiger partial charge in [-0.15, -0.1) is 0 Å². The summed E-state index contributed by atoms with van der Waals surface area (Å²) in [6.07, 6.45) is 5.44. The van der Waals surface area contributed by atoms with Gasteiger partial charge in [0.15, 0.2) is 0 Å². The highest BCUT2D eigenvalue weighted by Crippen LogP contribution is 2.49. The molecule has 88 valence electrons. The zero-order valence-electron chi connectivity index (χ0n) is 11.6. The van der Waals surface area contributed by atoms with Gasteiger partial charge in [0.1, 0.15) is 0 Å². The minimum Gasteiger partial charge on any atom is -0.0683 e. The zero-order valence-corrected chi connectivity index (χ0v) is 11.6. The van der Waals surface area contributed by atoms with Crippen LogP contribution < -0.4 is 0 Å². The van der Waals surface area contributed by atoms with Gasteiger partial charge in [-0.25, -0.2) is 0 Å². The smallest absolute Gasteiger partial charge is 0.0357 e. The summed E-state index contributed by atoms with van der Waals surface area (Å²) >= 11 is 0. The van der Waals surface area contributed by atoms with E-state index in [4.69, 9.17) is 0 Å². The molecule has 0 amide bonds. The van der Waals surface area contributed by atoms with Crippen molar-refractivity contribution in [1.82, 2.24) is 0 Å². The second-order valence-electron chi connectivity index (χ2n) is 4.00. The van der Waals surface area contributed by atoms with Gasteiger partial charge in [-0.05, 0) is 17.8 Å². The minimum absolute atomic E-state index is 1.05. The van der Waals surface area contributed by atoms with Gasteiger partial charge in [0, 0.05) is 0 Å². The molecule has 1 fully saturated rings. The van der Waals surface area contributed by atoms with Crippen molar-refractivity contribution >= 4 is 0 Å². The van der Waals surface area contributed by atoms with E-state index in [0.717, 1.165) is 17.8 Å². The summed E-state index contributed by atoms with van der Waals surface area (Å²) in [5.41, 5.74) is 0. The molecular formula is C14H32. The number of hydrogen-bond acceptors (Lipinski definition) is 0. The molecule has 0 aromatic heterocycles. The van der Waals surface area contributed by atoms with Crippen LogP contribution in [0.25, 0.3) is 0 Å². The van der Waals surface area contributed by atoms with E-state index in [2.05, 4.69) is 34.6 Å². The first-order valence-electron chi connectivity index (χ1n) is 6.72. The molecule has 14 heavy (non-hydrogen) atoms. The van der Waals surface area contributed by atoms with Crippen LogP contribution in [-0.4, -0.2) is 0 Å². The molecule has 0 heteroatoms. The van der Waals surface area contributed by atoms with Gasteiger partial charge >= 0.3 is 0 Å². The topological polar surface area (TPSA) is 0 Å². The summed E-state index contributed by atoms with van der Waals surface area (Å²) in [5.74, 6) is 3.21. The highest BCUT2D eigenvalue weighted by Gasteiger charge is 2.42. The Balaban J connectivity index is 0. The van der Waals surface area contributed by atoms with E-state index < -0.39 is 0 Å². The van der Waals surface area contributed by atoms with Crippen LogP contribution in [0.3, 0.4) is 0 Å². The average molecular weight is 200 g/mol. The fraction of sp³-hybridized carbons (Fsp3) is 1.00.